The Labute approximate surface area is 144 Å². The Bertz CT molecular complexity index is 779. The molecule has 2 amide bonds. The molecule has 0 atom stereocenters. The number of nitrogens with one attached hydrogen (secondary N) is 2. The molecular weight excluding hydrogens is 330 g/mol. The van der Waals surface area contributed by atoms with Crippen LogP contribution >= 0.6 is 0 Å². The van der Waals surface area contributed by atoms with Gasteiger partial charge in [0.15, 0.2) is 0 Å². The van der Waals surface area contributed by atoms with Gasteiger partial charge in [-0.3, -0.25) is 9.59 Å². The standard InChI is InChI=1S/C18H18F2N2O3/c1-11(2)25-16-6-4-3-5-12(16)10-21-17(23)18(24)22-15-8-7-13(19)9-14(15)20/h3-9,11H,10H2,1-2H3,(H,21,23)(H,22,24). The molecule has 0 unspecified atom stereocenters. The van der Waals surface area contributed by atoms with Crippen molar-refractivity contribution in [2.45, 2.75) is 26.5 Å². The fraction of sp³-hybridized carbons (Fsp3) is 0.222. The molecule has 0 saturated heterocycles. The number of carbonyl (C=O) groups excluding carboxylic acids is 2. The van der Waals surface area contributed by atoms with E-state index in [9.17, 15) is 18.4 Å². The Balaban J connectivity index is 1.97. The van der Waals surface area contributed by atoms with E-state index in [4.69, 9.17) is 4.74 Å². The molecule has 0 spiro atoms. The number of halogens is 2. The van der Waals surface area contributed by atoms with Crippen LogP contribution in [0, 0.1) is 11.6 Å². The highest BCUT2D eigenvalue weighted by molar-refractivity contribution is 6.39. The van der Waals surface area contributed by atoms with Gasteiger partial charge >= 0.3 is 11.8 Å². The van der Waals surface area contributed by atoms with Crippen molar-refractivity contribution in [2.75, 3.05) is 5.32 Å². The molecule has 0 aromatic heterocycles. The zero-order valence-electron chi connectivity index (χ0n) is 13.8. The van der Waals surface area contributed by atoms with Crippen LogP contribution in [0.2, 0.25) is 0 Å². The summed E-state index contributed by atoms with van der Waals surface area (Å²) in [7, 11) is 0. The largest absolute Gasteiger partial charge is 0.491 e. The van der Waals surface area contributed by atoms with Crippen molar-refractivity contribution in [2.24, 2.45) is 0 Å². The summed E-state index contributed by atoms with van der Waals surface area (Å²) >= 11 is 0. The van der Waals surface area contributed by atoms with Crippen LogP contribution in [-0.4, -0.2) is 17.9 Å². The SMILES string of the molecule is CC(C)Oc1ccccc1CNC(=O)C(=O)Nc1ccc(F)cc1F. The molecule has 25 heavy (non-hydrogen) atoms. The highest BCUT2D eigenvalue weighted by atomic mass is 19.1. The van der Waals surface area contributed by atoms with Crippen LogP contribution < -0.4 is 15.4 Å². The third-order valence-corrected chi connectivity index (χ3v) is 3.16. The quantitative estimate of drug-likeness (QED) is 0.816. The second-order valence-electron chi connectivity index (χ2n) is 5.54. The number of amides is 2. The van der Waals surface area contributed by atoms with Gasteiger partial charge in [-0.2, -0.15) is 0 Å². The number of anilines is 1. The van der Waals surface area contributed by atoms with Crippen LogP contribution in [0.25, 0.3) is 0 Å². The molecule has 0 fully saturated rings. The summed E-state index contributed by atoms with van der Waals surface area (Å²) in [5.74, 6) is -3.13. The maximum atomic E-state index is 13.5. The Morgan fingerprint density at radius 3 is 2.48 bits per heavy atom. The molecule has 0 aliphatic carbocycles. The Kier molecular flexibility index (Phi) is 6.05. The van der Waals surface area contributed by atoms with Gasteiger partial charge in [-0.1, -0.05) is 18.2 Å². The van der Waals surface area contributed by atoms with Crippen LogP contribution in [0.1, 0.15) is 19.4 Å². The summed E-state index contributed by atoms with van der Waals surface area (Å²) in [6.45, 7) is 3.82. The van der Waals surface area contributed by atoms with Crippen molar-refractivity contribution in [1.29, 1.82) is 0 Å². The first kappa shape index (κ1) is 18.4. The van der Waals surface area contributed by atoms with E-state index in [1.807, 2.05) is 13.8 Å². The van der Waals surface area contributed by atoms with Gasteiger partial charge in [0, 0.05) is 18.2 Å². The van der Waals surface area contributed by atoms with Crippen molar-refractivity contribution >= 4 is 17.5 Å². The average Bonchev–Trinajstić information content (AvgIpc) is 2.55. The molecule has 0 bridgehead atoms. The molecule has 5 nitrogen and oxygen atoms in total. The van der Waals surface area contributed by atoms with Crippen molar-refractivity contribution in [3.05, 3.63) is 59.7 Å². The highest BCUT2D eigenvalue weighted by Gasteiger charge is 2.16. The molecule has 0 aliphatic heterocycles. The van der Waals surface area contributed by atoms with Crippen LogP contribution in [0.5, 0.6) is 5.75 Å². The highest BCUT2D eigenvalue weighted by Crippen LogP contribution is 2.19. The summed E-state index contributed by atoms with van der Waals surface area (Å²) in [5.41, 5.74) is 0.426. The summed E-state index contributed by atoms with van der Waals surface area (Å²) in [5, 5.41) is 4.53. The number of hydrogen-bond acceptors (Lipinski definition) is 3. The zero-order chi connectivity index (χ0) is 18.4. The second-order valence-corrected chi connectivity index (χ2v) is 5.54. The first-order valence-electron chi connectivity index (χ1n) is 7.65. The summed E-state index contributed by atoms with van der Waals surface area (Å²) in [6.07, 6.45) is -0.0402. The lowest BCUT2D eigenvalue weighted by Gasteiger charge is -2.14. The molecule has 0 radical (unpaired) electrons. The lowest BCUT2D eigenvalue weighted by atomic mass is 10.2. The van der Waals surface area contributed by atoms with Gasteiger partial charge in [0.05, 0.1) is 11.8 Å². The van der Waals surface area contributed by atoms with Gasteiger partial charge in [0.2, 0.25) is 0 Å². The van der Waals surface area contributed by atoms with Crippen molar-refractivity contribution in [1.82, 2.24) is 5.32 Å². The molecule has 0 heterocycles. The summed E-state index contributed by atoms with van der Waals surface area (Å²) < 4.78 is 32.0. The normalized spacial score (nSPS) is 10.4. The van der Waals surface area contributed by atoms with E-state index in [0.29, 0.717) is 17.4 Å². The lowest BCUT2D eigenvalue weighted by molar-refractivity contribution is -0.136. The molecule has 7 heteroatoms. The molecular formula is C18H18F2N2O3. The predicted octanol–water partition coefficient (Wildman–Crippen LogP) is 3.01. The predicted molar refractivity (Wildman–Crippen MR) is 89.0 cm³/mol. The number of rotatable bonds is 5. The number of ether oxygens (including phenoxy) is 1. The third-order valence-electron chi connectivity index (χ3n) is 3.16. The first-order valence-corrected chi connectivity index (χ1v) is 7.65. The van der Waals surface area contributed by atoms with E-state index in [1.165, 1.54) is 0 Å². The Hall–Kier alpha value is -2.96. The molecule has 2 rings (SSSR count). The minimum Gasteiger partial charge on any atom is -0.491 e. The van der Waals surface area contributed by atoms with Crippen molar-refractivity contribution in [3.63, 3.8) is 0 Å². The van der Waals surface area contributed by atoms with Crippen molar-refractivity contribution < 1.29 is 23.1 Å². The van der Waals surface area contributed by atoms with E-state index >= 15 is 0 Å². The molecule has 2 aromatic carbocycles. The van der Waals surface area contributed by atoms with Crippen molar-refractivity contribution in [3.8, 4) is 5.75 Å². The van der Waals surface area contributed by atoms with E-state index in [-0.39, 0.29) is 18.3 Å². The maximum Gasteiger partial charge on any atom is 0.313 e. The smallest absolute Gasteiger partial charge is 0.313 e. The number of carbonyl (C=O) groups is 2. The van der Waals surface area contributed by atoms with Crippen LogP contribution in [0.3, 0.4) is 0 Å². The lowest BCUT2D eigenvalue weighted by Crippen LogP contribution is -2.35. The minimum atomic E-state index is -1.05. The second kappa shape index (κ2) is 8.23. The van der Waals surface area contributed by atoms with E-state index in [1.54, 1.807) is 24.3 Å². The average molecular weight is 348 g/mol. The molecule has 132 valence electrons. The van der Waals surface area contributed by atoms with Crippen LogP contribution in [0.4, 0.5) is 14.5 Å². The molecule has 0 saturated carbocycles. The van der Waals surface area contributed by atoms with E-state index in [0.717, 1.165) is 12.1 Å². The summed E-state index contributed by atoms with van der Waals surface area (Å²) in [4.78, 5) is 23.7. The molecule has 0 aliphatic rings. The van der Waals surface area contributed by atoms with Gasteiger partial charge in [-0.15, -0.1) is 0 Å². The van der Waals surface area contributed by atoms with Gasteiger partial charge in [0.1, 0.15) is 17.4 Å². The zero-order valence-corrected chi connectivity index (χ0v) is 13.8. The fourth-order valence-electron chi connectivity index (χ4n) is 2.04. The first-order chi connectivity index (χ1) is 11.9. The number of hydrogen-bond donors (Lipinski definition) is 2. The number of benzene rings is 2. The fourth-order valence-corrected chi connectivity index (χ4v) is 2.04. The maximum absolute atomic E-state index is 13.5. The third kappa shape index (κ3) is 5.27. The van der Waals surface area contributed by atoms with Gasteiger partial charge in [-0.25, -0.2) is 8.78 Å². The van der Waals surface area contributed by atoms with E-state index < -0.39 is 23.4 Å². The minimum absolute atomic E-state index is 0.0402. The Morgan fingerprint density at radius 2 is 1.80 bits per heavy atom. The summed E-state index contributed by atoms with van der Waals surface area (Å²) in [6, 6.07) is 9.74. The van der Waals surface area contributed by atoms with E-state index in [2.05, 4.69) is 10.6 Å². The van der Waals surface area contributed by atoms with Crippen LogP contribution in [0.15, 0.2) is 42.5 Å². The topological polar surface area (TPSA) is 67.4 Å². The van der Waals surface area contributed by atoms with Gasteiger partial charge in [0.25, 0.3) is 0 Å². The monoisotopic (exact) mass is 348 g/mol. The van der Waals surface area contributed by atoms with Gasteiger partial charge < -0.3 is 15.4 Å². The number of para-hydroxylation sites is 1. The van der Waals surface area contributed by atoms with Crippen LogP contribution in [-0.2, 0) is 16.1 Å². The molecule has 2 N–H and O–H groups in total. The molecule has 2 aromatic rings. The van der Waals surface area contributed by atoms with Gasteiger partial charge in [-0.05, 0) is 32.0 Å². The Morgan fingerprint density at radius 1 is 1.08 bits per heavy atom.